The van der Waals surface area contributed by atoms with Gasteiger partial charge in [0.15, 0.2) is 0 Å². The lowest BCUT2D eigenvalue weighted by Gasteiger charge is -2.09. The molecule has 0 aliphatic heterocycles. The third-order valence-corrected chi connectivity index (χ3v) is 2.83. The van der Waals surface area contributed by atoms with Gasteiger partial charge in [-0.25, -0.2) is 0 Å². The molecule has 1 heterocycles. The Kier molecular flexibility index (Phi) is 4.82. The van der Waals surface area contributed by atoms with E-state index in [2.05, 4.69) is 37.4 Å². The minimum Gasteiger partial charge on any atom is -0.312 e. The first-order valence-corrected chi connectivity index (χ1v) is 5.89. The smallest absolute Gasteiger partial charge is 0.0666 e. The Morgan fingerprint density at radius 2 is 2.20 bits per heavy atom. The second-order valence-corrected chi connectivity index (χ2v) is 4.27. The second kappa shape index (κ2) is 5.91. The first-order chi connectivity index (χ1) is 7.17. The Morgan fingerprint density at radius 1 is 1.47 bits per heavy atom. The maximum Gasteiger partial charge on any atom is 0.0666 e. The standard InChI is InChI=1S/C12H23N3/c1-5-10(3)7-13-8-11-9-15(4)14-12(11)6-2/h9-10,13H,5-8H2,1-4H3. The lowest BCUT2D eigenvalue weighted by Crippen LogP contribution is -2.20. The summed E-state index contributed by atoms with van der Waals surface area (Å²) in [5.74, 6) is 0.756. The van der Waals surface area contributed by atoms with Crippen LogP contribution in [0.4, 0.5) is 0 Å². The highest BCUT2D eigenvalue weighted by Crippen LogP contribution is 2.07. The minimum atomic E-state index is 0.756. The fraction of sp³-hybridized carbons (Fsp3) is 0.750. The molecule has 0 aliphatic rings. The highest BCUT2D eigenvalue weighted by molar-refractivity contribution is 5.16. The lowest BCUT2D eigenvalue weighted by molar-refractivity contribution is 0.499. The average Bonchev–Trinajstić information content (AvgIpc) is 2.58. The van der Waals surface area contributed by atoms with Crippen molar-refractivity contribution in [2.75, 3.05) is 6.54 Å². The van der Waals surface area contributed by atoms with Crippen LogP contribution in [0, 0.1) is 5.92 Å². The zero-order valence-corrected chi connectivity index (χ0v) is 10.4. The molecule has 15 heavy (non-hydrogen) atoms. The lowest BCUT2D eigenvalue weighted by atomic mass is 10.1. The number of nitrogens with zero attached hydrogens (tertiary/aromatic N) is 2. The van der Waals surface area contributed by atoms with Crippen LogP contribution in [0.25, 0.3) is 0 Å². The summed E-state index contributed by atoms with van der Waals surface area (Å²) in [6.07, 6.45) is 4.37. The largest absolute Gasteiger partial charge is 0.312 e. The molecule has 1 aromatic rings. The van der Waals surface area contributed by atoms with Crippen molar-refractivity contribution in [3.63, 3.8) is 0 Å². The molecule has 86 valence electrons. The van der Waals surface area contributed by atoms with Gasteiger partial charge in [-0.1, -0.05) is 27.2 Å². The topological polar surface area (TPSA) is 29.9 Å². The van der Waals surface area contributed by atoms with Crippen LogP contribution in [0.5, 0.6) is 0 Å². The van der Waals surface area contributed by atoms with Crippen LogP contribution in [0.3, 0.4) is 0 Å². The van der Waals surface area contributed by atoms with Gasteiger partial charge in [-0.15, -0.1) is 0 Å². The van der Waals surface area contributed by atoms with Gasteiger partial charge in [0.1, 0.15) is 0 Å². The number of nitrogens with one attached hydrogen (secondary N) is 1. The first-order valence-electron chi connectivity index (χ1n) is 5.89. The van der Waals surface area contributed by atoms with Crippen LogP contribution in [0.1, 0.15) is 38.4 Å². The monoisotopic (exact) mass is 209 g/mol. The molecule has 0 fully saturated rings. The molecule has 0 amide bonds. The molecule has 1 atom stereocenters. The highest BCUT2D eigenvalue weighted by Gasteiger charge is 2.05. The molecule has 0 saturated heterocycles. The summed E-state index contributed by atoms with van der Waals surface area (Å²) in [6, 6.07) is 0. The van der Waals surface area contributed by atoms with Gasteiger partial charge in [0.25, 0.3) is 0 Å². The van der Waals surface area contributed by atoms with Gasteiger partial charge in [-0.05, 0) is 18.9 Å². The van der Waals surface area contributed by atoms with Gasteiger partial charge in [-0.2, -0.15) is 5.10 Å². The van der Waals surface area contributed by atoms with E-state index in [0.717, 1.165) is 25.4 Å². The van der Waals surface area contributed by atoms with E-state index >= 15 is 0 Å². The summed E-state index contributed by atoms with van der Waals surface area (Å²) in [4.78, 5) is 0. The van der Waals surface area contributed by atoms with Crippen LogP contribution in [0.2, 0.25) is 0 Å². The van der Waals surface area contributed by atoms with E-state index < -0.39 is 0 Å². The van der Waals surface area contributed by atoms with E-state index in [-0.39, 0.29) is 0 Å². The number of hydrogen-bond donors (Lipinski definition) is 1. The van der Waals surface area contributed by atoms with Crippen molar-refractivity contribution in [1.82, 2.24) is 15.1 Å². The van der Waals surface area contributed by atoms with Crippen LogP contribution >= 0.6 is 0 Å². The van der Waals surface area contributed by atoms with E-state index in [1.807, 2.05) is 11.7 Å². The second-order valence-electron chi connectivity index (χ2n) is 4.27. The van der Waals surface area contributed by atoms with E-state index in [0.29, 0.717) is 0 Å². The maximum absolute atomic E-state index is 4.42. The molecular weight excluding hydrogens is 186 g/mol. The van der Waals surface area contributed by atoms with Crippen molar-refractivity contribution in [2.24, 2.45) is 13.0 Å². The van der Waals surface area contributed by atoms with Crippen LogP contribution in [-0.4, -0.2) is 16.3 Å². The molecule has 0 aromatic carbocycles. The van der Waals surface area contributed by atoms with Gasteiger partial charge < -0.3 is 5.32 Å². The molecule has 1 rings (SSSR count). The summed E-state index contributed by atoms with van der Waals surface area (Å²) in [5, 5.41) is 7.91. The van der Waals surface area contributed by atoms with Crippen molar-refractivity contribution in [2.45, 2.75) is 40.2 Å². The van der Waals surface area contributed by atoms with E-state index in [1.165, 1.54) is 17.7 Å². The van der Waals surface area contributed by atoms with Gasteiger partial charge in [-0.3, -0.25) is 4.68 Å². The third-order valence-electron chi connectivity index (χ3n) is 2.83. The Bertz CT molecular complexity index is 291. The highest BCUT2D eigenvalue weighted by atomic mass is 15.3. The molecule has 0 spiro atoms. The Balaban J connectivity index is 2.42. The van der Waals surface area contributed by atoms with Crippen molar-refractivity contribution in [1.29, 1.82) is 0 Å². The first kappa shape index (κ1) is 12.2. The predicted molar refractivity (Wildman–Crippen MR) is 63.7 cm³/mol. The molecule has 0 saturated carbocycles. The Morgan fingerprint density at radius 3 is 2.80 bits per heavy atom. The van der Waals surface area contributed by atoms with Gasteiger partial charge in [0.2, 0.25) is 0 Å². The fourth-order valence-corrected chi connectivity index (χ4v) is 1.63. The summed E-state index contributed by atoms with van der Waals surface area (Å²) in [6.45, 7) is 8.70. The van der Waals surface area contributed by atoms with E-state index in [9.17, 15) is 0 Å². The number of rotatable bonds is 6. The summed E-state index contributed by atoms with van der Waals surface area (Å²) in [7, 11) is 1.98. The molecule has 1 N–H and O–H groups in total. The summed E-state index contributed by atoms with van der Waals surface area (Å²) >= 11 is 0. The zero-order valence-electron chi connectivity index (χ0n) is 10.4. The molecule has 0 aliphatic carbocycles. The van der Waals surface area contributed by atoms with Crippen LogP contribution in [0.15, 0.2) is 6.20 Å². The average molecular weight is 209 g/mol. The number of aryl methyl sites for hydroxylation is 2. The van der Waals surface area contributed by atoms with E-state index in [4.69, 9.17) is 0 Å². The summed E-state index contributed by atoms with van der Waals surface area (Å²) in [5.41, 5.74) is 2.55. The molecular formula is C12H23N3. The Labute approximate surface area is 92.9 Å². The van der Waals surface area contributed by atoms with Crippen molar-refractivity contribution >= 4 is 0 Å². The van der Waals surface area contributed by atoms with Crippen molar-refractivity contribution < 1.29 is 0 Å². The third kappa shape index (κ3) is 3.67. The normalized spacial score (nSPS) is 13.1. The molecule has 3 heteroatoms. The summed E-state index contributed by atoms with van der Waals surface area (Å²) < 4.78 is 1.90. The minimum absolute atomic E-state index is 0.756. The molecule has 0 bridgehead atoms. The van der Waals surface area contributed by atoms with Crippen LogP contribution < -0.4 is 5.32 Å². The predicted octanol–water partition coefficient (Wildman–Crippen LogP) is 2.12. The van der Waals surface area contributed by atoms with Gasteiger partial charge in [0.05, 0.1) is 5.69 Å². The van der Waals surface area contributed by atoms with Crippen molar-refractivity contribution in [3.8, 4) is 0 Å². The van der Waals surface area contributed by atoms with Gasteiger partial charge in [0, 0.05) is 25.4 Å². The number of aromatic nitrogens is 2. The van der Waals surface area contributed by atoms with Gasteiger partial charge >= 0.3 is 0 Å². The maximum atomic E-state index is 4.42. The van der Waals surface area contributed by atoms with E-state index in [1.54, 1.807) is 0 Å². The zero-order chi connectivity index (χ0) is 11.3. The number of hydrogen-bond acceptors (Lipinski definition) is 2. The Hall–Kier alpha value is -0.830. The molecule has 0 radical (unpaired) electrons. The molecule has 1 unspecified atom stereocenters. The fourth-order valence-electron chi connectivity index (χ4n) is 1.63. The molecule has 1 aromatic heterocycles. The molecule has 3 nitrogen and oxygen atoms in total. The van der Waals surface area contributed by atoms with Crippen LogP contribution in [-0.2, 0) is 20.0 Å². The van der Waals surface area contributed by atoms with Crippen molar-refractivity contribution in [3.05, 3.63) is 17.5 Å². The SMILES string of the molecule is CCc1nn(C)cc1CNCC(C)CC. The quantitative estimate of drug-likeness (QED) is 0.777.